The summed E-state index contributed by atoms with van der Waals surface area (Å²) >= 11 is 3.30. The highest BCUT2D eigenvalue weighted by Gasteiger charge is 2.24. The zero-order valence-corrected chi connectivity index (χ0v) is 11.2. The van der Waals surface area contributed by atoms with Gasteiger partial charge in [0.15, 0.2) is 0 Å². The maximum absolute atomic E-state index is 13.6. The highest BCUT2D eigenvalue weighted by atomic mass is 79.9. The van der Waals surface area contributed by atoms with Gasteiger partial charge in [-0.2, -0.15) is 0 Å². The van der Waals surface area contributed by atoms with Gasteiger partial charge in [0.25, 0.3) is 0 Å². The van der Waals surface area contributed by atoms with Gasteiger partial charge in [0.1, 0.15) is 10.4 Å². The summed E-state index contributed by atoms with van der Waals surface area (Å²) in [5.41, 5.74) is 2.87. The lowest BCUT2D eigenvalue weighted by atomic mass is 10.1. The molecule has 4 heteroatoms. The number of hydrogen-bond acceptors (Lipinski definition) is 2. The van der Waals surface area contributed by atoms with E-state index in [0.717, 1.165) is 34.3 Å². The molecule has 1 aliphatic rings. The second kappa shape index (κ2) is 4.69. The first-order chi connectivity index (χ1) is 8.74. The molecule has 0 bridgehead atoms. The Morgan fingerprint density at radius 1 is 1.28 bits per heavy atom. The summed E-state index contributed by atoms with van der Waals surface area (Å²) in [6, 6.07) is 9.34. The number of pyridine rings is 1. The number of anilines is 1. The van der Waals surface area contributed by atoms with Gasteiger partial charge in [-0.15, -0.1) is 0 Å². The average molecular weight is 307 g/mol. The summed E-state index contributed by atoms with van der Waals surface area (Å²) in [4.78, 5) is 4.17. The molecule has 0 saturated heterocycles. The van der Waals surface area contributed by atoms with Crippen LogP contribution in [0.1, 0.15) is 23.6 Å². The number of rotatable bonds is 2. The number of halogens is 2. The Morgan fingerprint density at radius 2 is 2.17 bits per heavy atom. The molecule has 1 aliphatic carbocycles. The third-order valence-corrected chi connectivity index (χ3v) is 3.75. The van der Waals surface area contributed by atoms with Gasteiger partial charge in [-0.3, -0.25) is 0 Å². The van der Waals surface area contributed by atoms with Crippen LogP contribution in [0, 0.1) is 5.82 Å². The van der Waals surface area contributed by atoms with Crippen molar-refractivity contribution < 1.29 is 4.39 Å². The van der Waals surface area contributed by atoms with Crippen molar-refractivity contribution in [3.05, 3.63) is 58.1 Å². The van der Waals surface area contributed by atoms with Crippen molar-refractivity contribution in [2.75, 3.05) is 5.32 Å². The SMILES string of the molecule is Fc1cccc2c1CCC2Nc1ccc(Br)nc1. The zero-order chi connectivity index (χ0) is 12.5. The highest BCUT2D eigenvalue weighted by Crippen LogP contribution is 2.35. The molecule has 0 aliphatic heterocycles. The monoisotopic (exact) mass is 306 g/mol. The number of nitrogens with zero attached hydrogens (tertiary/aromatic N) is 1. The molecule has 1 aromatic heterocycles. The summed E-state index contributed by atoms with van der Waals surface area (Å²) in [6.07, 6.45) is 3.50. The van der Waals surface area contributed by atoms with Crippen LogP contribution in [0.4, 0.5) is 10.1 Å². The summed E-state index contributed by atoms with van der Waals surface area (Å²) in [6.45, 7) is 0. The molecular formula is C14H12BrFN2. The van der Waals surface area contributed by atoms with Crippen molar-refractivity contribution in [1.29, 1.82) is 0 Å². The molecule has 1 unspecified atom stereocenters. The molecule has 3 rings (SSSR count). The van der Waals surface area contributed by atoms with E-state index in [4.69, 9.17) is 0 Å². The van der Waals surface area contributed by atoms with Gasteiger partial charge in [-0.05, 0) is 58.1 Å². The fraction of sp³-hybridized carbons (Fsp3) is 0.214. The summed E-state index contributed by atoms with van der Waals surface area (Å²) in [5.74, 6) is -0.0919. The van der Waals surface area contributed by atoms with Gasteiger partial charge in [-0.1, -0.05) is 12.1 Å². The van der Waals surface area contributed by atoms with Crippen LogP contribution >= 0.6 is 15.9 Å². The molecule has 1 aromatic carbocycles. The van der Waals surface area contributed by atoms with Gasteiger partial charge in [0, 0.05) is 0 Å². The minimum absolute atomic E-state index is 0.0919. The third kappa shape index (κ3) is 2.12. The van der Waals surface area contributed by atoms with Crippen molar-refractivity contribution in [2.24, 2.45) is 0 Å². The van der Waals surface area contributed by atoms with Gasteiger partial charge in [0.05, 0.1) is 17.9 Å². The first-order valence-corrected chi connectivity index (χ1v) is 6.69. The van der Waals surface area contributed by atoms with Crippen LogP contribution in [0.2, 0.25) is 0 Å². The zero-order valence-electron chi connectivity index (χ0n) is 9.66. The van der Waals surface area contributed by atoms with Crippen LogP contribution in [-0.4, -0.2) is 4.98 Å². The first kappa shape index (κ1) is 11.7. The van der Waals surface area contributed by atoms with E-state index in [9.17, 15) is 4.39 Å². The molecule has 0 spiro atoms. The molecule has 2 aromatic rings. The Hall–Kier alpha value is -1.42. The molecule has 0 fully saturated rings. The number of nitrogens with one attached hydrogen (secondary N) is 1. The average Bonchev–Trinajstić information content (AvgIpc) is 2.77. The molecule has 1 N–H and O–H groups in total. The highest BCUT2D eigenvalue weighted by molar-refractivity contribution is 9.10. The standard InChI is InChI=1S/C14H12BrFN2/c15-14-7-4-9(8-17-14)18-13-6-5-10-11(13)2-1-3-12(10)16/h1-4,7-8,13,18H,5-6H2. The van der Waals surface area contributed by atoms with Gasteiger partial charge >= 0.3 is 0 Å². The fourth-order valence-electron chi connectivity index (χ4n) is 2.42. The van der Waals surface area contributed by atoms with Crippen LogP contribution in [0.5, 0.6) is 0 Å². The second-order valence-electron chi connectivity index (χ2n) is 4.41. The molecule has 1 atom stereocenters. The Kier molecular flexibility index (Phi) is 3.04. The van der Waals surface area contributed by atoms with E-state index in [0.29, 0.717) is 0 Å². The Balaban J connectivity index is 1.85. The van der Waals surface area contributed by atoms with Crippen molar-refractivity contribution in [3.8, 4) is 0 Å². The van der Waals surface area contributed by atoms with Crippen LogP contribution in [0.3, 0.4) is 0 Å². The lowest BCUT2D eigenvalue weighted by Gasteiger charge is -2.15. The predicted octanol–water partition coefficient (Wildman–Crippen LogP) is 4.08. The van der Waals surface area contributed by atoms with Crippen LogP contribution in [0.25, 0.3) is 0 Å². The van der Waals surface area contributed by atoms with Crippen LogP contribution in [-0.2, 0) is 6.42 Å². The third-order valence-electron chi connectivity index (χ3n) is 3.28. The Bertz CT molecular complexity index is 569. The molecule has 0 saturated carbocycles. The van der Waals surface area contributed by atoms with Crippen LogP contribution in [0.15, 0.2) is 41.1 Å². The normalized spacial score (nSPS) is 17.6. The quantitative estimate of drug-likeness (QED) is 0.846. The summed E-state index contributed by atoms with van der Waals surface area (Å²) < 4.78 is 14.4. The maximum atomic E-state index is 13.6. The van der Waals surface area contributed by atoms with E-state index >= 15 is 0 Å². The molecule has 1 heterocycles. The van der Waals surface area contributed by atoms with Gasteiger partial charge in [-0.25, -0.2) is 9.37 Å². The molecule has 0 amide bonds. The Labute approximate surface area is 113 Å². The van der Waals surface area contributed by atoms with Crippen molar-refractivity contribution in [2.45, 2.75) is 18.9 Å². The second-order valence-corrected chi connectivity index (χ2v) is 5.23. The minimum Gasteiger partial charge on any atom is -0.377 e. The number of aromatic nitrogens is 1. The molecule has 2 nitrogen and oxygen atoms in total. The Morgan fingerprint density at radius 3 is 2.94 bits per heavy atom. The lowest BCUT2D eigenvalue weighted by Crippen LogP contribution is -2.07. The first-order valence-electron chi connectivity index (χ1n) is 5.89. The van der Waals surface area contributed by atoms with Crippen molar-refractivity contribution in [1.82, 2.24) is 4.98 Å². The molecule has 18 heavy (non-hydrogen) atoms. The molecule has 92 valence electrons. The maximum Gasteiger partial charge on any atom is 0.126 e. The van der Waals surface area contributed by atoms with Gasteiger partial charge < -0.3 is 5.32 Å². The van der Waals surface area contributed by atoms with Crippen LogP contribution < -0.4 is 5.32 Å². The van der Waals surface area contributed by atoms with E-state index in [1.807, 2.05) is 18.2 Å². The smallest absolute Gasteiger partial charge is 0.126 e. The number of hydrogen-bond donors (Lipinski definition) is 1. The van der Waals surface area contributed by atoms with E-state index < -0.39 is 0 Å². The number of benzene rings is 1. The molecule has 0 radical (unpaired) electrons. The largest absolute Gasteiger partial charge is 0.377 e. The van der Waals surface area contributed by atoms with E-state index in [-0.39, 0.29) is 11.9 Å². The molecular weight excluding hydrogens is 295 g/mol. The van der Waals surface area contributed by atoms with E-state index in [1.165, 1.54) is 6.07 Å². The number of fused-ring (bicyclic) bond motifs is 1. The summed E-state index contributed by atoms with van der Waals surface area (Å²) in [7, 11) is 0. The minimum atomic E-state index is -0.0919. The topological polar surface area (TPSA) is 24.9 Å². The van der Waals surface area contributed by atoms with E-state index in [2.05, 4.69) is 26.2 Å². The van der Waals surface area contributed by atoms with Crippen molar-refractivity contribution >= 4 is 21.6 Å². The van der Waals surface area contributed by atoms with Crippen molar-refractivity contribution in [3.63, 3.8) is 0 Å². The van der Waals surface area contributed by atoms with E-state index in [1.54, 1.807) is 12.3 Å². The fourth-order valence-corrected chi connectivity index (χ4v) is 2.66. The predicted molar refractivity (Wildman–Crippen MR) is 73.0 cm³/mol. The lowest BCUT2D eigenvalue weighted by molar-refractivity contribution is 0.612. The summed E-state index contributed by atoms with van der Waals surface area (Å²) in [5, 5.41) is 3.40. The van der Waals surface area contributed by atoms with Gasteiger partial charge in [0.2, 0.25) is 0 Å².